The predicted molar refractivity (Wildman–Crippen MR) is 87.8 cm³/mol. The van der Waals surface area contributed by atoms with E-state index in [1.165, 1.54) is 5.56 Å². The van der Waals surface area contributed by atoms with E-state index in [4.69, 9.17) is 0 Å². The van der Waals surface area contributed by atoms with Gasteiger partial charge in [-0.25, -0.2) is 4.98 Å². The summed E-state index contributed by atoms with van der Waals surface area (Å²) in [6, 6.07) is 7.46. The molecule has 0 aliphatic heterocycles. The minimum absolute atomic E-state index is 0.272. The lowest BCUT2D eigenvalue weighted by Gasteiger charge is -2.12. The van der Waals surface area contributed by atoms with Crippen molar-refractivity contribution >= 4 is 11.6 Å². The van der Waals surface area contributed by atoms with Crippen LogP contribution in [0.2, 0.25) is 0 Å². The molecule has 1 amide bonds. The lowest BCUT2D eigenvalue weighted by atomic mass is 10.1. The van der Waals surface area contributed by atoms with Crippen LogP contribution in [0.1, 0.15) is 27.2 Å². The fourth-order valence-corrected chi connectivity index (χ4v) is 2.53. The van der Waals surface area contributed by atoms with Crippen LogP contribution in [0.3, 0.4) is 0 Å². The molecule has 1 aromatic carbocycles. The smallest absolute Gasteiger partial charge is 0.276 e. The Morgan fingerprint density at radius 2 is 1.83 bits per heavy atom. The summed E-state index contributed by atoms with van der Waals surface area (Å²) in [6.07, 6.45) is 5.05. The first-order valence-corrected chi connectivity index (χ1v) is 7.26. The third-order valence-corrected chi connectivity index (χ3v) is 3.57. The number of imidazole rings is 1. The molecule has 2 heterocycles. The maximum atomic E-state index is 12.4. The number of amides is 1. The van der Waals surface area contributed by atoms with Gasteiger partial charge in [0.05, 0.1) is 0 Å². The molecular weight excluding hydrogens is 290 g/mol. The van der Waals surface area contributed by atoms with Gasteiger partial charge in [-0.2, -0.15) is 0 Å². The van der Waals surface area contributed by atoms with Gasteiger partial charge in [0.25, 0.3) is 5.91 Å². The van der Waals surface area contributed by atoms with Crippen LogP contribution in [-0.4, -0.2) is 25.7 Å². The lowest BCUT2D eigenvalue weighted by Crippen LogP contribution is -2.16. The van der Waals surface area contributed by atoms with Crippen LogP contribution in [0, 0.1) is 20.8 Å². The van der Waals surface area contributed by atoms with Crippen molar-refractivity contribution in [3.8, 4) is 5.82 Å². The Balaban J connectivity index is 1.81. The number of carbonyl (C=O) groups is 1. The molecule has 6 nitrogen and oxygen atoms in total. The molecule has 116 valence electrons. The first-order chi connectivity index (χ1) is 11.0. The van der Waals surface area contributed by atoms with Gasteiger partial charge in [0.2, 0.25) is 0 Å². The Hall–Kier alpha value is -3.02. The quantitative estimate of drug-likeness (QED) is 0.807. The molecule has 3 aromatic rings. The van der Waals surface area contributed by atoms with E-state index >= 15 is 0 Å². The standard InChI is InChI=1S/C17H17N5O/c1-11-8-12(2)16(13(3)9-11)19-17(23)14-4-5-15(21-20-14)22-7-6-18-10-22/h4-10H,1-3H3,(H,19,23). The van der Waals surface area contributed by atoms with E-state index in [0.29, 0.717) is 5.82 Å². The average molecular weight is 307 g/mol. The first kappa shape index (κ1) is 14.9. The fraction of sp³-hybridized carbons (Fsp3) is 0.176. The molecule has 0 aliphatic rings. The largest absolute Gasteiger partial charge is 0.320 e. The molecule has 0 spiro atoms. The monoisotopic (exact) mass is 307 g/mol. The highest BCUT2D eigenvalue weighted by molar-refractivity contribution is 6.03. The third-order valence-electron chi connectivity index (χ3n) is 3.57. The molecule has 0 aliphatic carbocycles. The van der Waals surface area contributed by atoms with Crippen LogP contribution in [0.4, 0.5) is 5.69 Å². The van der Waals surface area contributed by atoms with Crippen molar-refractivity contribution in [2.75, 3.05) is 5.32 Å². The number of nitrogens with one attached hydrogen (secondary N) is 1. The number of benzene rings is 1. The molecule has 0 radical (unpaired) electrons. The summed E-state index contributed by atoms with van der Waals surface area (Å²) in [5.74, 6) is 0.339. The highest BCUT2D eigenvalue weighted by atomic mass is 16.1. The molecular formula is C17H17N5O. The predicted octanol–water partition coefficient (Wildman–Crippen LogP) is 2.84. The maximum absolute atomic E-state index is 12.4. The Morgan fingerprint density at radius 3 is 2.39 bits per heavy atom. The molecule has 0 saturated heterocycles. The van der Waals surface area contributed by atoms with Gasteiger partial charge in [0, 0.05) is 18.1 Å². The van der Waals surface area contributed by atoms with Crippen LogP contribution in [0.25, 0.3) is 5.82 Å². The number of rotatable bonds is 3. The summed E-state index contributed by atoms with van der Waals surface area (Å²) in [7, 11) is 0. The summed E-state index contributed by atoms with van der Waals surface area (Å²) in [4.78, 5) is 16.3. The van der Waals surface area contributed by atoms with E-state index < -0.39 is 0 Å². The third kappa shape index (κ3) is 3.11. The van der Waals surface area contributed by atoms with E-state index in [-0.39, 0.29) is 11.6 Å². The summed E-state index contributed by atoms with van der Waals surface area (Å²) < 4.78 is 1.73. The van der Waals surface area contributed by atoms with E-state index in [2.05, 4.69) is 20.5 Å². The molecule has 2 aromatic heterocycles. The van der Waals surface area contributed by atoms with Crippen molar-refractivity contribution in [3.05, 3.63) is 65.4 Å². The Bertz CT molecular complexity index is 815. The van der Waals surface area contributed by atoms with Gasteiger partial charge in [0.15, 0.2) is 11.5 Å². The minimum Gasteiger partial charge on any atom is -0.320 e. The van der Waals surface area contributed by atoms with Crippen LogP contribution in [-0.2, 0) is 0 Å². The van der Waals surface area contributed by atoms with Gasteiger partial charge < -0.3 is 5.32 Å². The first-order valence-electron chi connectivity index (χ1n) is 7.26. The second-order valence-corrected chi connectivity index (χ2v) is 5.47. The van der Waals surface area contributed by atoms with Crippen molar-refractivity contribution < 1.29 is 4.79 Å². The summed E-state index contributed by atoms with van der Waals surface area (Å²) in [5, 5.41) is 11.0. The van der Waals surface area contributed by atoms with Gasteiger partial charge in [-0.3, -0.25) is 9.36 Å². The maximum Gasteiger partial charge on any atom is 0.276 e. The summed E-state index contributed by atoms with van der Waals surface area (Å²) in [5.41, 5.74) is 4.31. The summed E-state index contributed by atoms with van der Waals surface area (Å²) in [6.45, 7) is 5.98. The number of hydrogen-bond donors (Lipinski definition) is 1. The molecule has 0 fully saturated rings. The average Bonchev–Trinajstić information content (AvgIpc) is 3.05. The number of aromatic nitrogens is 4. The van der Waals surface area contributed by atoms with Crippen molar-refractivity contribution in [1.29, 1.82) is 0 Å². The molecule has 0 atom stereocenters. The van der Waals surface area contributed by atoms with Crippen molar-refractivity contribution in [3.63, 3.8) is 0 Å². The number of anilines is 1. The van der Waals surface area contributed by atoms with Crippen LogP contribution < -0.4 is 5.32 Å². The van der Waals surface area contributed by atoms with Crippen molar-refractivity contribution in [2.45, 2.75) is 20.8 Å². The number of nitrogens with zero attached hydrogens (tertiary/aromatic N) is 4. The van der Waals surface area contributed by atoms with Gasteiger partial charge >= 0.3 is 0 Å². The van der Waals surface area contributed by atoms with Crippen LogP contribution >= 0.6 is 0 Å². The number of carbonyl (C=O) groups excluding carboxylic acids is 1. The Kier molecular flexibility index (Phi) is 3.89. The molecule has 0 bridgehead atoms. The zero-order valence-electron chi connectivity index (χ0n) is 13.2. The highest BCUT2D eigenvalue weighted by Gasteiger charge is 2.12. The second kappa shape index (κ2) is 6.00. The van der Waals surface area contributed by atoms with E-state index in [1.54, 1.807) is 35.4 Å². The van der Waals surface area contributed by atoms with Crippen LogP contribution in [0.5, 0.6) is 0 Å². The van der Waals surface area contributed by atoms with E-state index in [9.17, 15) is 4.79 Å². The van der Waals surface area contributed by atoms with E-state index in [0.717, 1.165) is 16.8 Å². The molecule has 23 heavy (non-hydrogen) atoms. The fourth-order valence-electron chi connectivity index (χ4n) is 2.53. The minimum atomic E-state index is -0.273. The topological polar surface area (TPSA) is 72.7 Å². The molecule has 6 heteroatoms. The Labute approximate surface area is 134 Å². The molecule has 0 saturated carbocycles. The zero-order valence-corrected chi connectivity index (χ0v) is 13.2. The number of hydrogen-bond acceptors (Lipinski definition) is 4. The van der Waals surface area contributed by atoms with Gasteiger partial charge in [-0.15, -0.1) is 10.2 Å². The van der Waals surface area contributed by atoms with Gasteiger partial charge in [0.1, 0.15) is 6.33 Å². The zero-order chi connectivity index (χ0) is 16.4. The molecule has 1 N–H and O–H groups in total. The lowest BCUT2D eigenvalue weighted by molar-refractivity contribution is 0.102. The van der Waals surface area contributed by atoms with E-state index in [1.807, 2.05) is 32.9 Å². The van der Waals surface area contributed by atoms with Crippen molar-refractivity contribution in [1.82, 2.24) is 19.7 Å². The Morgan fingerprint density at radius 1 is 1.09 bits per heavy atom. The number of aryl methyl sites for hydroxylation is 3. The molecule has 3 rings (SSSR count). The summed E-state index contributed by atoms with van der Waals surface area (Å²) >= 11 is 0. The van der Waals surface area contributed by atoms with Gasteiger partial charge in [-0.1, -0.05) is 17.7 Å². The van der Waals surface area contributed by atoms with Gasteiger partial charge in [-0.05, 0) is 44.0 Å². The molecule has 0 unspecified atom stereocenters. The SMILES string of the molecule is Cc1cc(C)c(NC(=O)c2ccc(-n3ccnc3)nn2)c(C)c1. The second-order valence-electron chi connectivity index (χ2n) is 5.47. The van der Waals surface area contributed by atoms with Crippen molar-refractivity contribution in [2.24, 2.45) is 0 Å². The van der Waals surface area contributed by atoms with Crippen LogP contribution in [0.15, 0.2) is 43.0 Å². The normalized spacial score (nSPS) is 10.6. The highest BCUT2D eigenvalue weighted by Crippen LogP contribution is 2.22.